The first-order valence-electron chi connectivity index (χ1n) is 8.21. The van der Waals surface area contributed by atoms with Gasteiger partial charge in [-0.05, 0) is 47.6 Å². The van der Waals surface area contributed by atoms with Crippen LogP contribution in [0.2, 0.25) is 5.02 Å². The molecule has 1 aliphatic carbocycles. The first-order chi connectivity index (χ1) is 11.9. The molecule has 0 bridgehead atoms. The maximum absolute atomic E-state index is 12.5. The van der Waals surface area contributed by atoms with Crippen molar-refractivity contribution in [2.75, 3.05) is 7.05 Å². The van der Waals surface area contributed by atoms with E-state index in [1.54, 1.807) is 11.9 Å². The summed E-state index contributed by atoms with van der Waals surface area (Å²) in [5.74, 6) is -0.0412. The van der Waals surface area contributed by atoms with Crippen LogP contribution in [0.5, 0.6) is 0 Å². The van der Waals surface area contributed by atoms with Crippen molar-refractivity contribution in [3.8, 4) is 0 Å². The first kappa shape index (κ1) is 17.4. The molecule has 0 saturated carbocycles. The second-order valence-corrected chi connectivity index (χ2v) is 6.82. The van der Waals surface area contributed by atoms with Crippen molar-refractivity contribution in [3.05, 3.63) is 73.8 Å². The summed E-state index contributed by atoms with van der Waals surface area (Å²) < 4.78 is 0. The Balaban J connectivity index is 1.69. The monoisotopic (exact) mass is 358 g/mol. The molecule has 2 aromatic carbocycles. The Hall–Kier alpha value is -2.40. The predicted molar refractivity (Wildman–Crippen MR) is 96.8 cm³/mol. The van der Waals surface area contributed by atoms with Gasteiger partial charge in [-0.15, -0.1) is 0 Å². The topological polar surface area (TPSA) is 63.4 Å². The van der Waals surface area contributed by atoms with Gasteiger partial charge in [-0.25, -0.2) is 0 Å². The van der Waals surface area contributed by atoms with E-state index in [4.69, 9.17) is 11.6 Å². The number of nitro benzene ring substituents is 1. The second-order valence-electron chi connectivity index (χ2n) is 6.42. The fourth-order valence-electron chi connectivity index (χ4n) is 3.18. The zero-order chi connectivity index (χ0) is 18.0. The van der Waals surface area contributed by atoms with E-state index >= 15 is 0 Å². The lowest BCUT2D eigenvalue weighted by Gasteiger charge is -2.18. The molecule has 0 fully saturated rings. The molecule has 2 aromatic rings. The van der Waals surface area contributed by atoms with E-state index in [2.05, 4.69) is 12.1 Å². The highest BCUT2D eigenvalue weighted by Gasteiger charge is 2.16. The molecule has 25 heavy (non-hydrogen) atoms. The van der Waals surface area contributed by atoms with Crippen molar-refractivity contribution in [1.82, 2.24) is 4.90 Å². The molecule has 3 rings (SSSR count). The average Bonchev–Trinajstić information content (AvgIpc) is 3.04. The number of amides is 1. The number of hydrogen-bond donors (Lipinski definition) is 0. The van der Waals surface area contributed by atoms with Gasteiger partial charge in [0.05, 0.1) is 11.3 Å². The van der Waals surface area contributed by atoms with Crippen molar-refractivity contribution in [1.29, 1.82) is 0 Å². The van der Waals surface area contributed by atoms with Gasteiger partial charge >= 0.3 is 0 Å². The molecular weight excluding hydrogens is 340 g/mol. The van der Waals surface area contributed by atoms with Crippen LogP contribution in [0, 0.1) is 10.1 Å². The van der Waals surface area contributed by atoms with E-state index in [1.807, 2.05) is 6.07 Å². The van der Waals surface area contributed by atoms with Gasteiger partial charge in [-0.3, -0.25) is 14.9 Å². The fourth-order valence-corrected chi connectivity index (χ4v) is 3.36. The van der Waals surface area contributed by atoms with Crippen LogP contribution >= 0.6 is 11.6 Å². The van der Waals surface area contributed by atoms with Crippen LogP contribution in [0.1, 0.15) is 28.7 Å². The van der Waals surface area contributed by atoms with Crippen molar-refractivity contribution < 1.29 is 9.72 Å². The Bertz CT molecular complexity index is 835. The third kappa shape index (κ3) is 3.99. The zero-order valence-corrected chi connectivity index (χ0v) is 14.8. The van der Waals surface area contributed by atoms with E-state index in [1.165, 1.54) is 35.7 Å². The Kier molecular flexibility index (Phi) is 5.04. The minimum atomic E-state index is -0.466. The number of carbonyl (C=O) groups excluding carboxylic acids is 1. The summed E-state index contributed by atoms with van der Waals surface area (Å²) in [6.45, 7) is 0.240. The van der Waals surface area contributed by atoms with Gasteiger partial charge in [0.25, 0.3) is 5.69 Å². The lowest BCUT2D eigenvalue weighted by molar-refractivity contribution is -0.384. The lowest BCUT2D eigenvalue weighted by atomic mass is 10.0. The van der Waals surface area contributed by atoms with Gasteiger partial charge in [0, 0.05) is 30.7 Å². The van der Waals surface area contributed by atoms with Crippen molar-refractivity contribution in [3.63, 3.8) is 0 Å². The number of nitro groups is 1. The number of fused-ring (bicyclic) bond motifs is 1. The van der Waals surface area contributed by atoms with Crippen LogP contribution in [-0.4, -0.2) is 22.8 Å². The molecule has 6 heteroatoms. The Labute approximate surface area is 151 Å². The van der Waals surface area contributed by atoms with Crippen molar-refractivity contribution >= 4 is 23.2 Å². The standard InChI is InChI=1S/C19H19ClN2O3/c1-21(12-16-11-17(22(24)25)7-8-18(16)20)19(23)10-13-5-6-14-3-2-4-15(14)9-13/h5-9,11H,2-4,10,12H2,1H3. The molecule has 1 amide bonds. The van der Waals surface area contributed by atoms with Gasteiger partial charge < -0.3 is 4.90 Å². The van der Waals surface area contributed by atoms with Crippen LogP contribution < -0.4 is 0 Å². The third-order valence-electron chi connectivity index (χ3n) is 4.59. The van der Waals surface area contributed by atoms with Gasteiger partial charge in [0.15, 0.2) is 0 Å². The number of likely N-dealkylation sites (N-methyl/N-ethyl adjacent to an activating group) is 1. The number of carbonyl (C=O) groups is 1. The SMILES string of the molecule is CN(Cc1cc([N+](=O)[O-])ccc1Cl)C(=O)Cc1ccc2c(c1)CCC2. The number of hydrogen-bond acceptors (Lipinski definition) is 3. The maximum Gasteiger partial charge on any atom is 0.269 e. The second kappa shape index (κ2) is 7.23. The Morgan fingerprint density at radius 2 is 1.96 bits per heavy atom. The number of halogens is 1. The van der Waals surface area contributed by atoms with Crippen LogP contribution in [0.25, 0.3) is 0 Å². The average molecular weight is 359 g/mol. The highest BCUT2D eigenvalue weighted by atomic mass is 35.5. The molecule has 0 N–H and O–H groups in total. The number of nitrogens with zero attached hydrogens (tertiary/aromatic N) is 2. The summed E-state index contributed by atoms with van der Waals surface area (Å²) in [5, 5.41) is 11.3. The molecule has 0 radical (unpaired) electrons. The van der Waals surface area contributed by atoms with E-state index < -0.39 is 4.92 Å². The lowest BCUT2D eigenvalue weighted by Crippen LogP contribution is -2.27. The smallest absolute Gasteiger partial charge is 0.269 e. The van der Waals surface area contributed by atoms with Crippen LogP contribution in [0.15, 0.2) is 36.4 Å². The molecule has 1 aliphatic rings. The molecule has 0 atom stereocenters. The molecule has 0 saturated heterocycles. The Morgan fingerprint density at radius 1 is 1.20 bits per heavy atom. The van der Waals surface area contributed by atoms with E-state index in [0.29, 0.717) is 17.0 Å². The van der Waals surface area contributed by atoms with E-state index in [0.717, 1.165) is 18.4 Å². The van der Waals surface area contributed by atoms with Gasteiger partial charge in [-0.2, -0.15) is 0 Å². The summed E-state index contributed by atoms with van der Waals surface area (Å²) in [6, 6.07) is 10.5. The minimum Gasteiger partial charge on any atom is -0.341 e. The van der Waals surface area contributed by atoms with Crippen LogP contribution in [0.3, 0.4) is 0 Å². The number of non-ortho nitro benzene ring substituents is 1. The van der Waals surface area contributed by atoms with Crippen molar-refractivity contribution in [2.24, 2.45) is 0 Å². The third-order valence-corrected chi connectivity index (χ3v) is 4.96. The summed E-state index contributed by atoms with van der Waals surface area (Å²) in [4.78, 5) is 24.5. The van der Waals surface area contributed by atoms with Gasteiger partial charge in [-0.1, -0.05) is 29.8 Å². The first-order valence-corrected chi connectivity index (χ1v) is 8.59. The van der Waals surface area contributed by atoms with Crippen LogP contribution in [0.4, 0.5) is 5.69 Å². The Morgan fingerprint density at radius 3 is 2.72 bits per heavy atom. The molecule has 5 nitrogen and oxygen atoms in total. The molecule has 130 valence electrons. The van der Waals surface area contributed by atoms with Crippen molar-refractivity contribution in [2.45, 2.75) is 32.2 Å². The quantitative estimate of drug-likeness (QED) is 0.600. The largest absolute Gasteiger partial charge is 0.341 e. The maximum atomic E-state index is 12.5. The summed E-state index contributed by atoms with van der Waals surface area (Å²) in [6.07, 6.45) is 3.69. The molecule has 0 aromatic heterocycles. The molecule has 0 spiro atoms. The van der Waals surface area contributed by atoms with Gasteiger partial charge in [0.1, 0.15) is 0 Å². The summed E-state index contributed by atoms with van der Waals surface area (Å²) in [5.41, 5.74) is 4.27. The highest BCUT2D eigenvalue weighted by Crippen LogP contribution is 2.25. The molecular formula is C19H19ClN2O3. The highest BCUT2D eigenvalue weighted by molar-refractivity contribution is 6.31. The summed E-state index contributed by atoms with van der Waals surface area (Å²) in [7, 11) is 1.69. The summed E-state index contributed by atoms with van der Waals surface area (Å²) >= 11 is 6.11. The fraction of sp³-hybridized carbons (Fsp3) is 0.316. The molecule has 0 aliphatic heterocycles. The molecule has 0 heterocycles. The normalized spacial score (nSPS) is 12.7. The van der Waals surface area contributed by atoms with E-state index in [9.17, 15) is 14.9 Å². The number of benzene rings is 2. The molecule has 0 unspecified atom stereocenters. The predicted octanol–water partition coefficient (Wildman–Crippen LogP) is 3.94. The zero-order valence-electron chi connectivity index (χ0n) is 14.0. The minimum absolute atomic E-state index is 0.0288. The van der Waals surface area contributed by atoms with Crippen LogP contribution in [-0.2, 0) is 30.6 Å². The van der Waals surface area contributed by atoms with Gasteiger partial charge in [0.2, 0.25) is 5.91 Å². The van der Waals surface area contributed by atoms with E-state index in [-0.39, 0.29) is 18.1 Å². The number of rotatable bonds is 5. The number of aryl methyl sites for hydroxylation is 2.